The molecule has 0 atom stereocenters. The summed E-state index contributed by atoms with van der Waals surface area (Å²) in [6, 6.07) is 0. The van der Waals surface area contributed by atoms with Crippen LogP contribution in [0.25, 0.3) is 0 Å². The van der Waals surface area contributed by atoms with E-state index in [4.69, 9.17) is 0 Å². The third-order valence-electron chi connectivity index (χ3n) is 2.23. The van der Waals surface area contributed by atoms with E-state index in [-0.39, 0.29) is 11.4 Å². The molecular weight excluding hydrogens is 182 g/mol. The fourth-order valence-corrected chi connectivity index (χ4v) is 1.44. The van der Waals surface area contributed by atoms with E-state index in [1.807, 2.05) is 27.7 Å². The molecule has 5 nitrogen and oxygen atoms in total. The molecule has 0 aliphatic carbocycles. The smallest absolute Gasteiger partial charge is 0.390 e. The van der Waals surface area contributed by atoms with Gasteiger partial charge in [0, 0.05) is 5.41 Å². The van der Waals surface area contributed by atoms with Crippen LogP contribution in [0, 0.1) is 17.0 Å². The van der Waals surface area contributed by atoms with Crippen LogP contribution < -0.4 is 0 Å². The quantitative estimate of drug-likeness (QED) is 0.510. The predicted octanol–water partition coefficient (Wildman–Crippen LogP) is 1.93. The van der Waals surface area contributed by atoms with Crippen LogP contribution in [0.4, 0.5) is 5.95 Å². The summed E-state index contributed by atoms with van der Waals surface area (Å²) in [7, 11) is 1.66. The third kappa shape index (κ3) is 1.62. The van der Waals surface area contributed by atoms with Gasteiger partial charge < -0.3 is 10.1 Å². The Balaban J connectivity index is 3.37. The molecule has 0 N–H and O–H groups in total. The zero-order valence-electron chi connectivity index (χ0n) is 9.16. The van der Waals surface area contributed by atoms with Gasteiger partial charge in [-0.15, -0.1) is 0 Å². The van der Waals surface area contributed by atoms with E-state index in [1.54, 1.807) is 7.05 Å². The van der Waals surface area contributed by atoms with E-state index >= 15 is 0 Å². The number of rotatable bonds is 1. The van der Waals surface area contributed by atoms with Gasteiger partial charge in [-0.3, -0.25) is 0 Å². The lowest BCUT2D eigenvalue weighted by atomic mass is 9.91. The second kappa shape index (κ2) is 3.08. The molecule has 0 aliphatic rings. The van der Waals surface area contributed by atoms with Crippen molar-refractivity contribution in [3.63, 3.8) is 0 Å². The van der Waals surface area contributed by atoms with Crippen LogP contribution in [-0.2, 0) is 12.5 Å². The summed E-state index contributed by atoms with van der Waals surface area (Å²) in [6.45, 7) is 7.82. The van der Waals surface area contributed by atoms with Gasteiger partial charge in [-0.1, -0.05) is 25.8 Å². The van der Waals surface area contributed by atoms with Crippen molar-refractivity contribution in [2.75, 3.05) is 0 Å². The number of aromatic nitrogens is 2. The molecule has 78 valence electrons. The van der Waals surface area contributed by atoms with Crippen molar-refractivity contribution in [2.45, 2.75) is 33.1 Å². The Hall–Kier alpha value is -1.39. The van der Waals surface area contributed by atoms with Gasteiger partial charge in [0.1, 0.15) is 5.69 Å². The maximum Gasteiger partial charge on any atom is 0.434 e. The molecule has 0 spiro atoms. The summed E-state index contributed by atoms with van der Waals surface area (Å²) >= 11 is 0. The first-order valence-corrected chi connectivity index (χ1v) is 4.43. The Labute approximate surface area is 82.9 Å². The molecule has 1 heterocycles. The van der Waals surface area contributed by atoms with Gasteiger partial charge in [-0.2, -0.15) is 0 Å². The molecule has 1 aromatic rings. The van der Waals surface area contributed by atoms with Gasteiger partial charge in [0.2, 0.25) is 0 Å². The SMILES string of the molecule is Cc1c(C(C)(C)C)nc([N+](=O)[O-])n1C. The molecule has 0 radical (unpaired) electrons. The molecule has 0 amide bonds. The van der Waals surface area contributed by atoms with E-state index in [1.165, 1.54) is 4.57 Å². The van der Waals surface area contributed by atoms with Gasteiger partial charge in [0.05, 0.1) is 7.05 Å². The van der Waals surface area contributed by atoms with Crippen molar-refractivity contribution in [3.05, 3.63) is 21.5 Å². The van der Waals surface area contributed by atoms with E-state index in [9.17, 15) is 10.1 Å². The summed E-state index contributed by atoms with van der Waals surface area (Å²) in [5, 5.41) is 10.6. The number of imidazole rings is 1. The highest BCUT2D eigenvalue weighted by Crippen LogP contribution is 2.27. The standard InChI is InChI=1S/C9H15N3O2/c1-6-7(9(2,3)4)10-8(11(6)5)12(13)14/h1-5H3. The van der Waals surface area contributed by atoms with Crippen molar-refractivity contribution in [3.8, 4) is 0 Å². The Morgan fingerprint density at radius 2 is 1.93 bits per heavy atom. The van der Waals surface area contributed by atoms with Gasteiger partial charge in [-0.05, 0) is 11.8 Å². The van der Waals surface area contributed by atoms with Gasteiger partial charge in [0.25, 0.3) is 0 Å². The Morgan fingerprint density at radius 1 is 1.43 bits per heavy atom. The average Bonchev–Trinajstić information content (AvgIpc) is 2.28. The fraction of sp³-hybridized carbons (Fsp3) is 0.667. The van der Waals surface area contributed by atoms with Gasteiger partial charge in [-0.25, -0.2) is 4.57 Å². The highest BCUT2D eigenvalue weighted by atomic mass is 16.6. The van der Waals surface area contributed by atoms with Crippen molar-refractivity contribution < 1.29 is 4.92 Å². The Morgan fingerprint density at radius 3 is 2.14 bits per heavy atom. The van der Waals surface area contributed by atoms with Gasteiger partial charge in [0.15, 0.2) is 5.69 Å². The lowest BCUT2D eigenvalue weighted by Crippen LogP contribution is -2.13. The van der Waals surface area contributed by atoms with Crippen molar-refractivity contribution in [2.24, 2.45) is 7.05 Å². The van der Waals surface area contributed by atoms with E-state index in [2.05, 4.69) is 4.98 Å². The first kappa shape index (κ1) is 10.7. The van der Waals surface area contributed by atoms with Crippen molar-refractivity contribution in [1.82, 2.24) is 9.55 Å². The highest BCUT2D eigenvalue weighted by molar-refractivity contribution is 5.27. The molecule has 1 rings (SSSR count). The monoisotopic (exact) mass is 197 g/mol. The Kier molecular flexibility index (Phi) is 2.35. The van der Waals surface area contributed by atoms with Crippen molar-refractivity contribution in [1.29, 1.82) is 0 Å². The largest absolute Gasteiger partial charge is 0.434 e. The van der Waals surface area contributed by atoms with E-state index in [0.717, 1.165) is 11.4 Å². The number of nitrogens with zero attached hydrogens (tertiary/aromatic N) is 3. The van der Waals surface area contributed by atoms with Gasteiger partial charge >= 0.3 is 5.95 Å². The average molecular weight is 197 g/mol. The molecule has 14 heavy (non-hydrogen) atoms. The summed E-state index contributed by atoms with van der Waals surface area (Å²) in [5.74, 6) is -0.0903. The zero-order valence-corrected chi connectivity index (χ0v) is 9.16. The molecule has 0 unspecified atom stereocenters. The second-order valence-electron chi connectivity index (χ2n) is 4.41. The van der Waals surface area contributed by atoms with Crippen LogP contribution in [0.3, 0.4) is 0 Å². The first-order chi connectivity index (χ1) is 6.25. The number of hydrogen-bond acceptors (Lipinski definition) is 3. The third-order valence-corrected chi connectivity index (χ3v) is 2.23. The molecule has 0 aliphatic heterocycles. The molecule has 1 aromatic heterocycles. The number of hydrogen-bond donors (Lipinski definition) is 0. The lowest BCUT2D eigenvalue weighted by Gasteiger charge is -2.12. The minimum atomic E-state index is -0.456. The van der Waals surface area contributed by atoms with Crippen LogP contribution >= 0.6 is 0 Å². The summed E-state index contributed by atoms with van der Waals surface area (Å²) in [4.78, 5) is 14.2. The lowest BCUT2D eigenvalue weighted by molar-refractivity contribution is -0.396. The first-order valence-electron chi connectivity index (χ1n) is 4.43. The molecule has 0 bridgehead atoms. The summed E-state index contributed by atoms with van der Waals surface area (Å²) < 4.78 is 1.51. The maximum absolute atomic E-state index is 10.6. The zero-order chi connectivity index (χ0) is 11.1. The van der Waals surface area contributed by atoms with E-state index in [0.29, 0.717) is 0 Å². The molecule has 0 fully saturated rings. The highest BCUT2D eigenvalue weighted by Gasteiger charge is 2.30. The molecule has 0 saturated carbocycles. The van der Waals surface area contributed by atoms with Crippen molar-refractivity contribution >= 4 is 5.95 Å². The van der Waals surface area contributed by atoms with Crippen LogP contribution in [-0.4, -0.2) is 14.5 Å². The molecule has 5 heteroatoms. The fourth-order valence-electron chi connectivity index (χ4n) is 1.44. The van der Waals surface area contributed by atoms with Crippen LogP contribution in [0.1, 0.15) is 32.2 Å². The minimum Gasteiger partial charge on any atom is -0.390 e. The number of nitro groups is 1. The minimum absolute atomic E-state index is 0.0903. The van der Waals surface area contributed by atoms with E-state index < -0.39 is 4.92 Å². The second-order valence-corrected chi connectivity index (χ2v) is 4.41. The normalized spacial score (nSPS) is 11.8. The van der Waals surface area contributed by atoms with Crippen LogP contribution in [0.15, 0.2) is 0 Å². The summed E-state index contributed by atoms with van der Waals surface area (Å²) in [6.07, 6.45) is 0. The summed E-state index contributed by atoms with van der Waals surface area (Å²) in [5.41, 5.74) is 1.48. The molecular formula is C9H15N3O2. The predicted molar refractivity (Wildman–Crippen MR) is 53.3 cm³/mol. The van der Waals surface area contributed by atoms with Crippen LogP contribution in [0.5, 0.6) is 0 Å². The maximum atomic E-state index is 10.6. The Bertz CT molecular complexity index is 374. The topological polar surface area (TPSA) is 61.0 Å². The molecule has 0 saturated heterocycles. The molecule has 0 aromatic carbocycles. The van der Waals surface area contributed by atoms with Crippen LogP contribution in [0.2, 0.25) is 0 Å².